The summed E-state index contributed by atoms with van der Waals surface area (Å²) in [5, 5.41) is 8.06. The molecule has 6 heteroatoms. The van der Waals surface area contributed by atoms with Crippen LogP contribution in [0, 0.1) is 0 Å². The van der Waals surface area contributed by atoms with Crippen molar-refractivity contribution in [3.63, 3.8) is 0 Å². The monoisotopic (exact) mass is 309 g/mol. The Labute approximate surface area is 124 Å². The number of thiazole rings is 2. The Bertz CT molecular complexity index is 704. The number of hydrogen-bond donors (Lipinski definition) is 1. The Morgan fingerprint density at radius 1 is 1.32 bits per heavy atom. The van der Waals surface area contributed by atoms with Crippen LogP contribution in [0.2, 0.25) is 5.02 Å². The van der Waals surface area contributed by atoms with Crippen molar-refractivity contribution in [2.24, 2.45) is 0 Å². The number of halogens is 1. The summed E-state index contributed by atoms with van der Waals surface area (Å²) in [7, 11) is 0. The lowest BCUT2D eigenvalue weighted by atomic mass is 10.1. The van der Waals surface area contributed by atoms with Gasteiger partial charge in [-0.1, -0.05) is 29.0 Å². The van der Waals surface area contributed by atoms with Gasteiger partial charge in [0.05, 0.1) is 20.8 Å². The summed E-state index contributed by atoms with van der Waals surface area (Å²) in [5.74, 6) is 0. The molecule has 3 aromatic rings. The van der Waals surface area contributed by atoms with Crippen LogP contribution in [-0.2, 0) is 5.54 Å². The third-order valence-electron chi connectivity index (χ3n) is 2.75. The smallest absolute Gasteiger partial charge is 0.184 e. The van der Waals surface area contributed by atoms with Gasteiger partial charge >= 0.3 is 0 Å². The molecule has 0 saturated carbocycles. The molecule has 0 radical (unpaired) electrons. The number of anilines is 1. The van der Waals surface area contributed by atoms with Gasteiger partial charge in [0.2, 0.25) is 0 Å². The van der Waals surface area contributed by atoms with Gasteiger partial charge in [-0.2, -0.15) is 0 Å². The minimum absolute atomic E-state index is 0.242. The van der Waals surface area contributed by atoms with E-state index in [4.69, 9.17) is 11.6 Å². The number of hydrogen-bond acceptors (Lipinski definition) is 5. The third-order valence-corrected chi connectivity index (χ3v) is 5.30. The van der Waals surface area contributed by atoms with Gasteiger partial charge in [-0.25, -0.2) is 9.97 Å². The van der Waals surface area contributed by atoms with Crippen LogP contribution in [0.1, 0.15) is 18.9 Å². The van der Waals surface area contributed by atoms with Gasteiger partial charge in [0.25, 0.3) is 0 Å². The van der Waals surface area contributed by atoms with Crippen molar-refractivity contribution < 1.29 is 0 Å². The second kappa shape index (κ2) is 4.74. The number of nitrogens with zero attached hydrogens (tertiary/aromatic N) is 2. The second-order valence-corrected chi connectivity index (χ2v) is 7.00. The second-order valence-electron chi connectivity index (χ2n) is 4.69. The summed E-state index contributed by atoms with van der Waals surface area (Å²) in [6, 6.07) is 5.78. The van der Waals surface area contributed by atoms with Crippen LogP contribution in [0.3, 0.4) is 0 Å². The number of benzene rings is 1. The van der Waals surface area contributed by atoms with Crippen molar-refractivity contribution in [2.75, 3.05) is 5.32 Å². The average Bonchev–Trinajstić information content (AvgIpc) is 2.96. The van der Waals surface area contributed by atoms with Crippen LogP contribution in [0.25, 0.3) is 10.2 Å². The van der Waals surface area contributed by atoms with Crippen molar-refractivity contribution >= 4 is 49.6 Å². The largest absolute Gasteiger partial charge is 0.350 e. The van der Waals surface area contributed by atoms with Gasteiger partial charge < -0.3 is 5.32 Å². The zero-order valence-electron chi connectivity index (χ0n) is 10.5. The Kier molecular flexibility index (Phi) is 3.20. The molecule has 0 saturated heterocycles. The first kappa shape index (κ1) is 12.8. The van der Waals surface area contributed by atoms with E-state index in [-0.39, 0.29) is 5.54 Å². The van der Waals surface area contributed by atoms with Crippen molar-refractivity contribution in [3.05, 3.63) is 39.8 Å². The zero-order chi connectivity index (χ0) is 13.5. The first-order chi connectivity index (χ1) is 9.06. The Morgan fingerprint density at radius 2 is 2.16 bits per heavy atom. The maximum atomic E-state index is 6.17. The van der Waals surface area contributed by atoms with Gasteiger partial charge in [-0.15, -0.1) is 11.3 Å². The number of rotatable bonds is 3. The van der Waals surface area contributed by atoms with E-state index < -0.39 is 0 Å². The highest BCUT2D eigenvalue weighted by Gasteiger charge is 2.24. The van der Waals surface area contributed by atoms with E-state index in [2.05, 4.69) is 29.1 Å². The highest BCUT2D eigenvalue weighted by molar-refractivity contribution is 7.22. The SMILES string of the molecule is CC(C)(Nc1nc2cccc(Cl)c2s1)c1nccs1. The first-order valence-corrected chi connectivity index (χ1v) is 7.87. The van der Waals surface area contributed by atoms with Crippen LogP contribution in [0.5, 0.6) is 0 Å². The minimum atomic E-state index is -0.242. The lowest BCUT2D eigenvalue weighted by Crippen LogP contribution is -2.27. The molecule has 2 heterocycles. The van der Waals surface area contributed by atoms with E-state index in [1.54, 1.807) is 22.7 Å². The van der Waals surface area contributed by atoms with Gasteiger partial charge in [-0.05, 0) is 26.0 Å². The van der Waals surface area contributed by atoms with Crippen molar-refractivity contribution in [1.82, 2.24) is 9.97 Å². The Hall–Kier alpha value is -1.17. The van der Waals surface area contributed by atoms with E-state index in [0.29, 0.717) is 0 Å². The fourth-order valence-corrected chi connectivity index (χ4v) is 3.85. The molecule has 0 spiro atoms. The zero-order valence-corrected chi connectivity index (χ0v) is 12.9. The molecule has 2 aromatic heterocycles. The normalized spacial score (nSPS) is 11.9. The molecule has 0 unspecified atom stereocenters. The average molecular weight is 310 g/mol. The molecular formula is C13H12ClN3S2. The van der Waals surface area contributed by atoms with Crippen LogP contribution < -0.4 is 5.32 Å². The van der Waals surface area contributed by atoms with Crippen LogP contribution in [0.15, 0.2) is 29.8 Å². The molecule has 98 valence electrons. The first-order valence-electron chi connectivity index (χ1n) is 5.79. The Balaban J connectivity index is 1.95. The van der Waals surface area contributed by atoms with Crippen molar-refractivity contribution in [3.8, 4) is 0 Å². The summed E-state index contributed by atoms with van der Waals surface area (Å²) >= 11 is 9.38. The summed E-state index contributed by atoms with van der Waals surface area (Å²) in [5.41, 5.74) is 0.684. The van der Waals surface area contributed by atoms with E-state index in [0.717, 1.165) is 25.4 Å². The minimum Gasteiger partial charge on any atom is -0.350 e. The lowest BCUT2D eigenvalue weighted by molar-refractivity contribution is 0.604. The fraction of sp³-hybridized carbons (Fsp3) is 0.231. The summed E-state index contributed by atoms with van der Waals surface area (Å²) in [6.07, 6.45) is 1.82. The molecule has 0 atom stereocenters. The fourth-order valence-electron chi connectivity index (χ4n) is 1.82. The Morgan fingerprint density at radius 3 is 2.84 bits per heavy atom. The van der Waals surface area contributed by atoms with Gasteiger partial charge in [0.1, 0.15) is 5.01 Å². The lowest BCUT2D eigenvalue weighted by Gasteiger charge is -2.23. The molecule has 0 aliphatic heterocycles. The highest BCUT2D eigenvalue weighted by Crippen LogP contribution is 2.35. The summed E-state index contributed by atoms with van der Waals surface area (Å²) < 4.78 is 1.02. The van der Waals surface area contributed by atoms with Gasteiger partial charge in [0, 0.05) is 11.6 Å². The summed E-state index contributed by atoms with van der Waals surface area (Å²) in [4.78, 5) is 8.93. The quantitative estimate of drug-likeness (QED) is 0.758. The summed E-state index contributed by atoms with van der Waals surface area (Å²) in [6.45, 7) is 4.19. The van der Waals surface area contributed by atoms with Crippen molar-refractivity contribution in [2.45, 2.75) is 19.4 Å². The molecule has 1 aromatic carbocycles. The number of fused-ring (bicyclic) bond motifs is 1. The van der Waals surface area contributed by atoms with E-state index >= 15 is 0 Å². The molecule has 1 N–H and O–H groups in total. The molecule has 0 bridgehead atoms. The van der Waals surface area contributed by atoms with Gasteiger partial charge in [0.15, 0.2) is 5.13 Å². The van der Waals surface area contributed by atoms with E-state index in [1.807, 2.05) is 29.8 Å². The maximum absolute atomic E-state index is 6.17. The van der Waals surface area contributed by atoms with Crippen LogP contribution in [0.4, 0.5) is 5.13 Å². The predicted octanol–water partition coefficient (Wildman–Crippen LogP) is 4.75. The number of nitrogens with one attached hydrogen (secondary N) is 1. The topological polar surface area (TPSA) is 37.8 Å². The van der Waals surface area contributed by atoms with E-state index in [9.17, 15) is 0 Å². The maximum Gasteiger partial charge on any atom is 0.184 e. The molecule has 0 amide bonds. The molecule has 19 heavy (non-hydrogen) atoms. The van der Waals surface area contributed by atoms with E-state index in [1.165, 1.54) is 0 Å². The molecule has 0 fully saturated rings. The standard InChI is InChI=1S/C13H12ClN3S2/c1-13(2,11-15-6-7-18-11)17-12-16-9-5-3-4-8(14)10(9)19-12/h3-7H,1-2H3,(H,16,17). The predicted molar refractivity (Wildman–Crippen MR) is 83.4 cm³/mol. The van der Waals surface area contributed by atoms with Crippen LogP contribution in [-0.4, -0.2) is 9.97 Å². The third kappa shape index (κ3) is 2.45. The molecule has 3 rings (SSSR count). The van der Waals surface area contributed by atoms with Crippen LogP contribution >= 0.6 is 34.3 Å². The van der Waals surface area contributed by atoms with Gasteiger partial charge in [-0.3, -0.25) is 0 Å². The molecule has 0 aliphatic carbocycles. The molecule has 3 nitrogen and oxygen atoms in total. The molecular weight excluding hydrogens is 298 g/mol. The number of aromatic nitrogens is 2. The molecule has 0 aliphatic rings. The van der Waals surface area contributed by atoms with Crippen molar-refractivity contribution in [1.29, 1.82) is 0 Å². The highest BCUT2D eigenvalue weighted by atomic mass is 35.5.